The standard InChI is InChI=1S/C21H26N6O3/c1-6-17(21(29)25-22-11-28)24-18-10-13(3)23-20-19(14(4)26-27(18)20)16-8-7-15(30-5)9-12(16)2/h7-11,17,24H,6H2,1-5H3,(H,22,28)(H,25,29). The SMILES string of the molecule is CCC(Nc1cc(C)nc2c(-c3ccc(OC)cc3C)c(C)nn12)C(=O)NNC=O. The Balaban J connectivity index is 2.08. The molecule has 3 rings (SSSR count). The summed E-state index contributed by atoms with van der Waals surface area (Å²) in [5.41, 5.74) is 9.85. The molecule has 0 spiro atoms. The summed E-state index contributed by atoms with van der Waals surface area (Å²) in [5, 5.41) is 7.90. The minimum atomic E-state index is -0.557. The van der Waals surface area contributed by atoms with Crippen LogP contribution in [0.1, 0.15) is 30.3 Å². The van der Waals surface area contributed by atoms with Gasteiger partial charge >= 0.3 is 0 Å². The Bertz CT molecular complexity index is 1090. The number of nitrogens with zero attached hydrogens (tertiary/aromatic N) is 3. The van der Waals surface area contributed by atoms with E-state index in [2.05, 4.69) is 21.3 Å². The average Bonchev–Trinajstić information content (AvgIpc) is 3.05. The molecule has 3 aromatic rings. The van der Waals surface area contributed by atoms with Gasteiger partial charge in [-0.2, -0.15) is 9.61 Å². The maximum Gasteiger partial charge on any atom is 0.260 e. The first-order valence-corrected chi connectivity index (χ1v) is 9.67. The van der Waals surface area contributed by atoms with Crippen LogP contribution in [0.5, 0.6) is 5.75 Å². The number of aryl methyl sites for hydroxylation is 3. The Morgan fingerprint density at radius 1 is 1.27 bits per heavy atom. The minimum Gasteiger partial charge on any atom is -0.497 e. The smallest absolute Gasteiger partial charge is 0.260 e. The molecule has 0 fully saturated rings. The zero-order valence-electron chi connectivity index (χ0n) is 17.7. The largest absolute Gasteiger partial charge is 0.497 e. The van der Waals surface area contributed by atoms with E-state index in [1.807, 2.05) is 52.0 Å². The lowest BCUT2D eigenvalue weighted by molar-refractivity contribution is -0.125. The molecule has 0 bridgehead atoms. The van der Waals surface area contributed by atoms with Gasteiger partial charge in [0.05, 0.1) is 12.8 Å². The summed E-state index contributed by atoms with van der Waals surface area (Å²) in [6.45, 7) is 7.73. The van der Waals surface area contributed by atoms with Crippen LogP contribution in [0, 0.1) is 20.8 Å². The first-order chi connectivity index (χ1) is 14.4. The third-order valence-corrected chi connectivity index (χ3v) is 4.90. The van der Waals surface area contributed by atoms with Crippen molar-refractivity contribution in [3.63, 3.8) is 0 Å². The van der Waals surface area contributed by atoms with Crippen LogP contribution in [-0.2, 0) is 9.59 Å². The molecule has 3 N–H and O–H groups in total. The highest BCUT2D eigenvalue weighted by Gasteiger charge is 2.21. The van der Waals surface area contributed by atoms with Gasteiger partial charge in [-0.3, -0.25) is 20.4 Å². The predicted octanol–water partition coefficient (Wildman–Crippen LogP) is 2.30. The summed E-state index contributed by atoms with van der Waals surface area (Å²) in [6.07, 6.45) is 0.930. The first-order valence-electron chi connectivity index (χ1n) is 9.67. The van der Waals surface area contributed by atoms with Gasteiger partial charge in [0.2, 0.25) is 6.41 Å². The van der Waals surface area contributed by atoms with E-state index in [-0.39, 0.29) is 5.91 Å². The molecule has 9 nitrogen and oxygen atoms in total. The number of methoxy groups -OCH3 is 1. The zero-order chi connectivity index (χ0) is 21.8. The fraction of sp³-hybridized carbons (Fsp3) is 0.333. The van der Waals surface area contributed by atoms with E-state index < -0.39 is 6.04 Å². The number of fused-ring (bicyclic) bond motifs is 1. The Morgan fingerprint density at radius 2 is 2.03 bits per heavy atom. The van der Waals surface area contributed by atoms with Gasteiger partial charge in [0.15, 0.2) is 5.65 Å². The highest BCUT2D eigenvalue weighted by molar-refractivity contribution is 5.86. The Hall–Kier alpha value is -3.62. The highest BCUT2D eigenvalue weighted by Crippen LogP contribution is 2.33. The van der Waals surface area contributed by atoms with Crippen LogP contribution in [-0.4, -0.2) is 40.1 Å². The van der Waals surface area contributed by atoms with Crippen LogP contribution < -0.4 is 20.9 Å². The van der Waals surface area contributed by atoms with Crippen LogP contribution in [0.4, 0.5) is 5.82 Å². The monoisotopic (exact) mass is 410 g/mol. The fourth-order valence-corrected chi connectivity index (χ4v) is 3.43. The van der Waals surface area contributed by atoms with E-state index in [0.29, 0.717) is 24.3 Å². The van der Waals surface area contributed by atoms with Crippen molar-refractivity contribution in [2.24, 2.45) is 0 Å². The van der Waals surface area contributed by atoms with Gasteiger partial charge in [0.25, 0.3) is 5.91 Å². The summed E-state index contributed by atoms with van der Waals surface area (Å²) >= 11 is 0. The lowest BCUT2D eigenvalue weighted by Crippen LogP contribution is -2.45. The summed E-state index contributed by atoms with van der Waals surface area (Å²) < 4.78 is 7.03. The van der Waals surface area contributed by atoms with E-state index >= 15 is 0 Å². The van der Waals surface area contributed by atoms with Gasteiger partial charge in [0, 0.05) is 17.3 Å². The number of anilines is 1. The third kappa shape index (κ3) is 4.05. The number of amides is 2. The molecule has 2 amide bonds. The average molecular weight is 410 g/mol. The summed E-state index contributed by atoms with van der Waals surface area (Å²) in [6, 6.07) is 7.18. The number of hydrazine groups is 1. The second-order valence-electron chi connectivity index (χ2n) is 7.02. The van der Waals surface area contributed by atoms with E-state index in [1.54, 1.807) is 11.6 Å². The van der Waals surface area contributed by atoms with Crippen LogP contribution in [0.2, 0.25) is 0 Å². The van der Waals surface area contributed by atoms with Crippen molar-refractivity contribution in [2.75, 3.05) is 12.4 Å². The molecule has 0 aliphatic carbocycles. The lowest BCUT2D eigenvalue weighted by Gasteiger charge is -2.18. The zero-order valence-corrected chi connectivity index (χ0v) is 17.7. The van der Waals surface area contributed by atoms with Crippen molar-refractivity contribution in [3.05, 3.63) is 41.2 Å². The van der Waals surface area contributed by atoms with Crippen molar-refractivity contribution < 1.29 is 14.3 Å². The fourth-order valence-electron chi connectivity index (χ4n) is 3.43. The van der Waals surface area contributed by atoms with Crippen LogP contribution in [0.15, 0.2) is 24.3 Å². The van der Waals surface area contributed by atoms with Gasteiger partial charge in [-0.15, -0.1) is 0 Å². The molecule has 0 aliphatic rings. The summed E-state index contributed by atoms with van der Waals surface area (Å²) in [5.74, 6) is 1.09. The molecular weight excluding hydrogens is 384 g/mol. The van der Waals surface area contributed by atoms with Gasteiger partial charge in [0.1, 0.15) is 17.6 Å². The molecule has 30 heavy (non-hydrogen) atoms. The minimum absolute atomic E-state index is 0.345. The van der Waals surface area contributed by atoms with Crippen molar-refractivity contribution in [3.8, 4) is 16.9 Å². The second kappa shape index (κ2) is 8.81. The normalized spacial score (nSPS) is 11.8. The Labute approximate surface area is 174 Å². The summed E-state index contributed by atoms with van der Waals surface area (Å²) in [7, 11) is 1.64. The molecule has 158 valence electrons. The number of carbonyl (C=O) groups excluding carboxylic acids is 2. The maximum atomic E-state index is 12.3. The molecule has 0 saturated carbocycles. The molecule has 1 atom stereocenters. The van der Waals surface area contributed by atoms with E-state index in [9.17, 15) is 9.59 Å². The Kier molecular flexibility index (Phi) is 6.20. The molecule has 2 aromatic heterocycles. The number of nitrogens with one attached hydrogen (secondary N) is 3. The van der Waals surface area contributed by atoms with Gasteiger partial charge in [-0.1, -0.05) is 13.0 Å². The molecule has 0 saturated heterocycles. The van der Waals surface area contributed by atoms with Crippen LogP contribution in [0.25, 0.3) is 16.8 Å². The van der Waals surface area contributed by atoms with Crippen molar-refractivity contribution in [2.45, 2.75) is 40.2 Å². The summed E-state index contributed by atoms with van der Waals surface area (Å²) in [4.78, 5) is 27.5. The van der Waals surface area contributed by atoms with Crippen molar-refractivity contribution in [1.29, 1.82) is 0 Å². The maximum absolute atomic E-state index is 12.3. The number of carbonyl (C=O) groups is 2. The van der Waals surface area contributed by atoms with E-state index in [1.165, 1.54) is 0 Å². The van der Waals surface area contributed by atoms with Crippen molar-refractivity contribution >= 4 is 23.8 Å². The van der Waals surface area contributed by atoms with Crippen LogP contribution >= 0.6 is 0 Å². The third-order valence-electron chi connectivity index (χ3n) is 4.90. The predicted molar refractivity (Wildman–Crippen MR) is 114 cm³/mol. The van der Waals surface area contributed by atoms with Gasteiger partial charge in [-0.05, 0) is 50.5 Å². The first kappa shape index (κ1) is 21.1. The number of aromatic nitrogens is 3. The number of benzene rings is 1. The number of ether oxygens (including phenoxy) is 1. The number of hydrogen-bond donors (Lipinski definition) is 3. The van der Waals surface area contributed by atoms with Gasteiger partial charge in [-0.25, -0.2) is 4.98 Å². The van der Waals surface area contributed by atoms with E-state index in [4.69, 9.17) is 9.72 Å². The van der Waals surface area contributed by atoms with Crippen molar-refractivity contribution in [1.82, 2.24) is 25.4 Å². The van der Waals surface area contributed by atoms with Gasteiger partial charge < -0.3 is 10.1 Å². The second-order valence-corrected chi connectivity index (χ2v) is 7.02. The lowest BCUT2D eigenvalue weighted by atomic mass is 10.0. The number of rotatable bonds is 8. The van der Waals surface area contributed by atoms with E-state index in [0.717, 1.165) is 33.8 Å². The molecule has 2 heterocycles. The molecule has 0 radical (unpaired) electrons. The Morgan fingerprint density at radius 3 is 2.67 bits per heavy atom. The highest BCUT2D eigenvalue weighted by atomic mass is 16.5. The molecular formula is C21H26N6O3. The topological polar surface area (TPSA) is 110 Å². The number of hydrogen-bond acceptors (Lipinski definition) is 6. The molecule has 1 unspecified atom stereocenters. The van der Waals surface area contributed by atoms with Crippen LogP contribution in [0.3, 0.4) is 0 Å². The quantitative estimate of drug-likeness (QED) is 0.388. The molecule has 9 heteroatoms. The molecule has 1 aromatic carbocycles. The molecule has 0 aliphatic heterocycles.